The predicted octanol–water partition coefficient (Wildman–Crippen LogP) is 4.32. The summed E-state index contributed by atoms with van der Waals surface area (Å²) in [4.78, 5) is 17.8. The van der Waals surface area contributed by atoms with Crippen LogP contribution in [0.15, 0.2) is 36.0 Å². The van der Waals surface area contributed by atoms with Crippen LogP contribution in [-0.2, 0) is 11.3 Å². The average Bonchev–Trinajstić information content (AvgIpc) is 2.85. The van der Waals surface area contributed by atoms with Gasteiger partial charge in [-0.2, -0.15) is 0 Å². The average molecular weight is 396 g/mol. The van der Waals surface area contributed by atoms with Crippen molar-refractivity contribution in [3.63, 3.8) is 0 Å². The Morgan fingerprint density at radius 2 is 2.07 bits per heavy atom. The van der Waals surface area contributed by atoms with E-state index in [1.54, 1.807) is 17.7 Å². The maximum atomic E-state index is 13.3. The highest BCUT2D eigenvalue weighted by Crippen LogP contribution is 2.31. The molecule has 2 aromatic rings. The Labute approximate surface area is 159 Å². The first kappa shape index (κ1) is 19.2. The molecule has 1 amide bonds. The Balaban J connectivity index is 1.74. The first-order chi connectivity index (χ1) is 12.8. The zero-order valence-electron chi connectivity index (χ0n) is 14.6. The molecule has 1 fully saturated rings. The Hall–Kier alpha value is -2.54. The monoisotopic (exact) mass is 395 g/mol. The summed E-state index contributed by atoms with van der Waals surface area (Å²) < 4.78 is 40.9. The van der Waals surface area contributed by atoms with Crippen molar-refractivity contribution in [1.29, 1.82) is 0 Å². The molecule has 0 saturated carbocycles. The molecule has 27 heavy (non-hydrogen) atoms. The lowest BCUT2D eigenvalue weighted by Gasteiger charge is -2.34. The molecule has 0 aliphatic carbocycles. The molecule has 0 spiro atoms. The minimum absolute atomic E-state index is 0.0396. The first-order valence-electron chi connectivity index (χ1n) is 8.21. The van der Waals surface area contributed by atoms with E-state index in [1.165, 1.54) is 17.2 Å². The molecule has 4 nitrogen and oxygen atoms in total. The standard InChI is InChI=1S/C19H17ClF3N3O/c1-11(13-3-4-16(22)17(23)5-13)6-24-19-12(2)25(9-15(19)20)10-18(27)26-7-14(21)8-26/h3-6,9,14H,1,7-8,10H2,2H3/b24-6-. The van der Waals surface area contributed by atoms with E-state index in [-0.39, 0.29) is 25.5 Å². The minimum Gasteiger partial charge on any atom is -0.339 e. The normalized spacial score (nSPS) is 14.6. The van der Waals surface area contributed by atoms with E-state index in [0.29, 0.717) is 27.5 Å². The summed E-state index contributed by atoms with van der Waals surface area (Å²) in [5.41, 5.74) is 1.86. The molecular formula is C19H17ClF3N3O. The first-order valence-corrected chi connectivity index (χ1v) is 8.59. The number of aromatic nitrogens is 1. The number of rotatable bonds is 5. The van der Waals surface area contributed by atoms with Crippen LogP contribution in [0.5, 0.6) is 0 Å². The number of halogens is 4. The third-order valence-electron chi connectivity index (χ3n) is 4.40. The number of likely N-dealkylation sites (tertiary alicyclic amines) is 1. The predicted molar refractivity (Wildman–Crippen MR) is 99.2 cm³/mol. The van der Waals surface area contributed by atoms with Gasteiger partial charge in [0.1, 0.15) is 18.4 Å². The number of amides is 1. The summed E-state index contributed by atoms with van der Waals surface area (Å²) in [6.07, 6.45) is 2.02. The zero-order chi connectivity index (χ0) is 19.7. The summed E-state index contributed by atoms with van der Waals surface area (Å²) in [5, 5.41) is 0.335. The van der Waals surface area contributed by atoms with Gasteiger partial charge >= 0.3 is 0 Å². The van der Waals surface area contributed by atoms with Crippen molar-refractivity contribution in [3.8, 4) is 0 Å². The smallest absolute Gasteiger partial charge is 0.242 e. The Bertz CT molecular complexity index is 933. The second kappa shape index (κ2) is 7.60. The quantitative estimate of drug-likeness (QED) is 0.694. The van der Waals surface area contributed by atoms with E-state index in [1.807, 2.05) is 0 Å². The molecule has 3 rings (SSSR count). The second-order valence-corrected chi connectivity index (χ2v) is 6.75. The molecule has 0 unspecified atom stereocenters. The molecule has 0 atom stereocenters. The van der Waals surface area contributed by atoms with Gasteiger partial charge in [-0.25, -0.2) is 13.2 Å². The number of benzene rings is 1. The summed E-state index contributed by atoms with van der Waals surface area (Å²) in [7, 11) is 0. The molecule has 1 aliphatic heterocycles. The van der Waals surface area contributed by atoms with Crippen molar-refractivity contribution in [2.45, 2.75) is 19.6 Å². The maximum absolute atomic E-state index is 13.3. The van der Waals surface area contributed by atoms with Crippen LogP contribution in [0.4, 0.5) is 18.9 Å². The highest BCUT2D eigenvalue weighted by molar-refractivity contribution is 6.33. The molecule has 1 aliphatic rings. The SMILES string of the molecule is C=C(/C=N\c1c(Cl)cn(CC(=O)N2CC(F)C2)c1C)c1ccc(F)c(F)c1. The van der Waals surface area contributed by atoms with Crippen molar-refractivity contribution < 1.29 is 18.0 Å². The van der Waals surface area contributed by atoms with Gasteiger partial charge in [0.15, 0.2) is 11.6 Å². The molecular weight excluding hydrogens is 379 g/mol. The Morgan fingerprint density at radius 1 is 1.37 bits per heavy atom. The number of carbonyl (C=O) groups excluding carboxylic acids is 1. The van der Waals surface area contributed by atoms with Crippen LogP contribution in [0.25, 0.3) is 5.57 Å². The molecule has 0 N–H and O–H groups in total. The van der Waals surface area contributed by atoms with Gasteiger partial charge in [-0.05, 0) is 30.2 Å². The molecule has 1 aromatic carbocycles. The molecule has 1 aromatic heterocycles. The molecule has 8 heteroatoms. The fraction of sp³-hybridized carbons (Fsp3) is 0.263. The largest absolute Gasteiger partial charge is 0.339 e. The molecule has 0 bridgehead atoms. The van der Waals surface area contributed by atoms with Crippen LogP contribution < -0.4 is 0 Å². The Kier molecular flexibility index (Phi) is 5.41. The highest BCUT2D eigenvalue weighted by atomic mass is 35.5. The van der Waals surface area contributed by atoms with Crippen LogP contribution in [0.2, 0.25) is 5.02 Å². The van der Waals surface area contributed by atoms with E-state index in [2.05, 4.69) is 11.6 Å². The van der Waals surface area contributed by atoms with Crippen LogP contribution in [0.1, 0.15) is 11.3 Å². The summed E-state index contributed by atoms with van der Waals surface area (Å²) in [5.74, 6) is -2.10. The van der Waals surface area contributed by atoms with Gasteiger partial charge in [0, 0.05) is 18.1 Å². The van der Waals surface area contributed by atoms with Gasteiger partial charge in [0.05, 0.1) is 18.1 Å². The number of allylic oxidation sites excluding steroid dienone is 1. The fourth-order valence-electron chi connectivity index (χ4n) is 2.71. The molecule has 1 saturated heterocycles. The third kappa shape index (κ3) is 4.08. The van der Waals surface area contributed by atoms with E-state index >= 15 is 0 Å². The van der Waals surface area contributed by atoms with E-state index < -0.39 is 17.8 Å². The van der Waals surface area contributed by atoms with E-state index in [9.17, 15) is 18.0 Å². The number of carbonyl (C=O) groups is 1. The van der Waals surface area contributed by atoms with Crippen LogP contribution in [0, 0.1) is 18.6 Å². The minimum atomic E-state index is -0.970. The zero-order valence-corrected chi connectivity index (χ0v) is 15.3. The maximum Gasteiger partial charge on any atom is 0.242 e. The number of alkyl halides is 1. The van der Waals surface area contributed by atoms with Gasteiger partial charge in [0.25, 0.3) is 0 Å². The van der Waals surface area contributed by atoms with Crippen molar-refractivity contribution in [2.24, 2.45) is 4.99 Å². The van der Waals surface area contributed by atoms with Gasteiger partial charge in [-0.3, -0.25) is 9.79 Å². The molecule has 0 radical (unpaired) electrons. The van der Waals surface area contributed by atoms with Gasteiger partial charge in [-0.1, -0.05) is 24.2 Å². The van der Waals surface area contributed by atoms with Crippen molar-refractivity contribution >= 4 is 35.0 Å². The highest BCUT2D eigenvalue weighted by Gasteiger charge is 2.30. The van der Waals surface area contributed by atoms with Crippen molar-refractivity contribution in [2.75, 3.05) is 13.1 Å². The lowest BCUT2D eigenvalue weighted by molar-refractivity contribution is -0.138. The summed E-state index contributed by atoms with van der Waals surface area (Å²) in [6, 6.07) is 3.45. The number of aliphatic imine (C=N–C) groups is 1. The molecule has 2 heterocycles. The molecule has 142 valence electrons. The summed E-state index contributed by atoms with van der Waals surface area (Å²) >= 11 is 6.20. The number of hydrogen-bond acceptors (Lipinski definition) is 2. The second-order valence-electron chi connectivity index (χ2n) is 6.35. The van der Waals surface area contributed by atoms with Crippen molar-refractivity contribution in [1.82, 2.24) is 9.47 Å². The van der Waals surface area contributed by atoms with E-state index in [0.717, 1.165) is 12.1 Å². The van der Waals surface area contributed by atoms with Gasteiger partial charge < -0.3 is 9.47 Å². The Morgan fingerprint density at radius 3 is 2.70 bits per heavy atom. The van der Waals surface area contributed by atoms with Crippen LogP contribution in [0.3, 0.4) is 0 Å². The van der Waals surface area contributed by atoms with Gasteiger partial charge in [-0.15, -0.1) is 0 Å². The lowest BCUT2D eigenvalue weighted by Crippen LogP contribution is -2.52. The summed E-state index contributed by atoms with van der Waals surface area (Å²) in [6.45, 7) is 5.81. The van der Waals surface area contributed by atoms with Crippen molar-refractivity contribution in [3.05, 3.63) is 58.9 Å². The number of hydrogen-bond donors (Lipinski definition) is 0. The fourth-order valence-corrected chi connectivity index (χ4v) is 3.01. The third-order valence-corrected chi connectivity index (χ3v) is 4.68. The van der Waals surface area contributed by atoms with Crippen LogP contribution >= 0.6 is 11.6 Å². The topological polar surface area (TPSA) is 37.6 Å². The van der Waals surface area contributed by atoms with Crippen LogP contribution in [-0.4, -0.2) is 40.8 Å². The number of nitrogens with zero attached hydrogens (tertiary/aromatic N) is 3. The van der Waals surface area contributed by atoms with Gasteiger partial charge in [0.2, 0.25) is 5.91 Å². The van der Waals surface area contributed by atoms with E-state index in [4.69, 9.17) is 11.6 Å². The lowest BCUT2D eigenvalue weighted by atomic mass is 10.1.